The maximum Gasteiger partial charge on any atom is 0.119 e. The summed E-state index contributed by atoms with van der Waals surface area (Å²) in [5.74, 6) is 0.946. The Labute approximate surface area is 102 Å². The molecule has 1 N–H and O–H groups in total. The molecule has 17 heavy (non-hydrogen) atoms. The number of aliphatic hydroxyl groups excluding tert-OH is 1. The molecule has 0 bridgehead atoms. The minimum atomic E-state index is -0.0299. The molecule has 1 saturated carbocycles. The van der Waals surface area contributed by atoms with Crippen molar-refractivity contribution in [1.29, 1.82) is 0 Å². The van der Waals surface area contributed by atoms with Gasteiger partial charge >= 0.3 is 0 Å². The Kier molecular flexibility index (Phi) is 2.81. The molecule has 1 heterocycles. The summed E-state index contributed by atoms with van der Waals surface area (Å²) in [4.78, 5) is 2.41. The van der Waals surface area contributed by atoms with Crippen molar-refractivity contribution in [3.63, 3.8) is 0 Å². The normalized spacial score (nSPS) is 23.1. The molecule has 1 spiro atoms. The summed E-state index contributed by atoms with van der Waals surface area (Å²) >= 11 is 0. The van der Waals surface area contributed by atoms with E-state index in [1.165, 1.54) is 0 Å². The zero-order chi connectivity index (χ0) is 11.7. The number of likely N-dealkylation sites (tertiary alicyclic amines) is 1. The number of nitrogens with zero attached hydrogens (tertiary/aromatic N) is 1. The number of hydrogen-bond acceptors (Lipinski definition) is 3. The summed E-state index contributed by atoms with van der Waals surface area (Å²) in [6.45, 7) is 4.03. The minimum Gasteiger partial charge on any atom is -0.492 e. The van der Waals surface area contributed by atoms with Crippen LogP contribution in [0.1, 0.15) is 12.8 Å². The van der Waals surface area contributed by atoms with E-state index in [4.69, 9.17) is 4.74 Å². The number of aliphatic hydroxyl groups is 1. The Hall–Kier alpha value is -1.06. The SMILES string of the molecule is OC1CC2(C1)CN(CCOc1ccccc1)C2. The van der Waals surface area contributed by atoms with Gasteiger partial charge in [0.15, 0.2) is 0 Å². The van der Waals surface area contributed by atoms with Crippen LogP contribution < -0.4 is 4.74 Å². The molecule has 1 aliphatic heterocycles. The molecule has 1 aromatic rings. The molecule has 0 aromatic heterocycles. The predicted molar refractivity (Wildman–Crippen MR) is 66.1 cm³/mol. The van der Waals surface area contributed by atoms with Gasteiger partial charge in [0.2, 0.25) is 0 Å². The molecule has 0 atom stereocenters. The highest BCUT2D eigenvalue weighted by atomic mass is 16.5. The number of para-hydroxylation sites is 1. The Balaban J connectivity index is 1.35. The van der Waals surface area contributed by atoms with Crippen molar-refractivity contribution in [1.82, 2.24) is 4.90 Å². The summed E-state index contributed by atoms with van der Waals surface area (Å²) < 4.78 is 5.66. The van der Waals surface area contributed by atoms with Crippen LogP contribution in [0.3, 0.4) is 0 Å². The zero-order valence-corrected chi connectivity index (χ0v) is 10.0. The Morgan fingerprint density at radius 1 is 1.24 bits per heavy atom. The number of ether oxygens (including phenoxy) is 1. The van der Waals surface area contributed by atoms with Crippen LogP contribution in [0.25, 0.3) is 0 Å². The van der Waals surface area contributed by atoms with Crippen LogP contribution in [0, 0.1) is 5.41 Å². The third-order valence-corrected chi connectivity index (χ3v) is 3.87. The predicted octanol–water partition coefficient (Wildman–Crippen LogP) is 1.52. The molecule has 1 aliphatic carbocycles. The van der Waals surface area contributed by atoms with Gasteiger partial charge < -0.3 is 9.84 Å². The van der Waals surface area contributed by atoms with Gasteiger partial charge in [0.1, 0.15) is 12.4 Å². The second-order valence-electron chi connectivity index (χ2n) is 5.43. The van der Waals surface area contributed by atoms with Crippen LogP contribution in [0.5, 0.6) is 5.75 Å². The molecule has 3 nitrogen and oxygen atoms in total. The molecule has 1 aromatic carbocycles. The summed E-state index contributed by atoms with van der Waals surface area (Å²) in [6, 6.07) is 9.95. The lowest BCUT2D eigenvalue weighted by Crippen LogP contribution is -2.64. The van der Waals surface area contributed by atoms with E-state index < -0.39 is 0 Å². The first-order chi connectivity index (χ1) is 8.26. The molecule has 0 amide bonds. The van der Waals surface area contributed by atoms with Gasteiger partial charge in [-0.15, -0.1) is 0 Å². The van der Waals surface area contributed by atoms with Crippen molar-refractivity contribution in [3.8, 4) is 5.75 Å². The monoisotopic (exact) mass is 233 g/mol. The molecule has 3 rings (SSSR count). The van der Waals surface area contributed by atoms with Gasteiger partial charge in [-0.05, 0) is 25.0 Å². The lowest BCUT2D eigenvalue weighted by molar-refractivity contribution is -0.129. The lowest BCUT2D eigenvalue weighted by Gasteiger charge is -2.57. The van der Waals surface area contributed by atoms with Crippen molar-refractivity contribution >= 4 is 0 Å². The van der Waals surface area contributed by atoms with Crippen molar-refractivity contribution < 1.29 is 9.84 Å². The first kappa shape index (κ1) is 11.1. The zero-order valence-electron chi connectivity index (χ0n) is 10.0. The van der Waals surface area contributed by atoms with Crippen molar-refractivity contribution in [2.75, 3.05) is 26.2 Å². The molecule has 2 fully saturated rings. The second kappa shape index (κ2) is 4.31. The van der Waals surface area contributed by atoms with Crippen LogP contribution in [-0.4, -0.2) is 42.4 Å². The fourth-order valence-corrected chi connectivity index (χ4v) is 3.07. The topological polar surface area (TPSA) is 32.7 Å². The lowest BCUT2D eigenvalue weighted by atomic mass is 9.62. The molecule has 92 valence electrons. The van der Waals surface area contributed by atoms with Crippen molar-refractivity contribution in [3.05, 3.63) is 30.3 Å². The van der Waals surface area contributed by atoms with Crippen LogP contribution in [0.4, 0.5) is 0 Å². The second-order valence-corrected chi connectivity index (χ2v) is 5.43. The summed E-state index contributed by atoms with van der Waals surface area (Å²) in [6.07, 6.45) is 1.98. The smallest absolute Gasteiger partial charge is 0.119 e. The van der Waals surface area contributed by atoms with Crippen LogP contribution >= 0.6 is 0 Å². The van der Waals surface area contributed by atoms with E-state index in [0.717, 1.165) is 44.8 Å². The average Bonchev–Trinajstić information content (AvgIpc) is 2.25. The Bertz CT molecular complexity index is 365. The van der Waals surface area contributed by atoms with E-state index in [1.54, 1.807) is 0 Å². The van der Waals surface area contributed by atoms with Crippen molar-refractivity contribution in [2.45, 2.75) is 18.9 Å². The Morgan fingerprint density at radius 3 is 2.59 bits per heavy atom. The van der Waals surface area contributed by atoms with Crippen LogP contribution in [0.15, 0.2) is 30.3 Å². The quantitative estimate of drug-likeness (QED) is 0.856. The molecule has 0 radical (unpaired) electrons. The van der Waals surface area contributed by atoms with Gasteiger partial charge in [-0.1, -0.05) is 18.2 Å². The Morgan fingerprint density at radius 2 is 1.94 bits per heavy atom. The van der Waals surface area contributed by atoms with Gasteiger partial charge in [0.05, 0.1) is 6.10 Å². The van der Waals surface area contributed by atoms with Gasteiger partial charge in [0.25, 0.3) is 0 Å². The van der Waals surface area contributed by atoms with E-state index in [0.29, 0.717) is 5.41 Å². The molecular weight excluding hydrogens is 214 g/mol. The van der Waals surface area contributed by atoms with Gasteiger partial charge in [-0.25, -0.2) is 0 Å². The molecule has 3 heteroatoms. The maximum absolute atomic E-state index is 9.32. The summed E-state index contributed by atoms with van der Waals surface area (Å²) in [7, 11) is 0. The standard InChI is InChI=1S/C14H19NO2/c16-12-8-14(9-12)10-15(11-14)6-7-17-13-4-2-1-3-5-13/h1-5,12,16H,6-11H2. The highest BCUT2D eigenvalue weighted by molar-refractivity contribution is 5.20. The first-order valence-corrected chi connectivity index (χ1v) is 6.34. The van der Waals surface area contributed by atoms with E-state index >= 15 is 0 Å². The third kappa shape index (κ3) is 2.31. The fraction of sp³-hybridized carbons (Fsp3) is 0.571. The van der Waals surface area contributed by atoms with Gasteiger partial charge in [-0.2, -0.15) is 0 Å². The fourth-order valence-electron chi connectivity index (χ4n) is 3.07. The maximum atomic E-state index is 9.32. The molecular formula is C14H19NO2. The summed E-state index contributed by atoms with van der Waals surface area (Å²) in [5.41, 5.74) is 0.464. The van der Waals surface area contributed by atoms with Crippen molar-refractivity contribution in [2.24, 2.45) is 5.41 Å². The largest absolute Gasteiger partial charge is 0.492 e. The number of rotatable bonds is 4. The van der Waals surface area contributed by atoms with Crippen LogP contribution in [0.2, 0.25) is 0 Å². The average molecular weight is 233 g/mol. The molecule has 1 saturated heterocycles. The minimum absolute atomic E-state index is 0.0299. The van der Waals surface area contributed by atoms with E-state index in [9.17, 15) is 5.11 Å². The summed E-state index contributed by atoms with van der Waals surface area (Å²) in [5, 5.41) is 9.32. The molecule has 0 unspecified atom stereocenters. The molecule has 2 aliphatic rings. The van der Waals surface area contributed by atoms with E-state index in [-0.39, 0.29) is 6.10 Å². The van der Waals surface area contributed by atoms with E-state index in [1.807, 2.05) is 30.3 Å². The highest BCUT2D eigenvalue weighted by Crippen LogP contribution is 2.47. The third-order valence-electron chi connectivity index (χ3n) is 3.87. The van der Waals surface area contributed by atoms with E-state index in [2.05, 4.69) is 4.90 Å². The highest BCUT2D eigenvalue weighted by Gasteiger charge is 2.51. The first-order valence-electron chi connectivity index (χ1n) is 6.34. The van der Waals surface area contributed by atoms with Crippen LogP contribution in [-0.2, 0) is 0 Å². The number of benzene rings is 1. The van der Waals surface area contributed by atoms with Gasteiger partial charge in [-0.3, -0.25) is 4.90 Å². The number of hydrogen-bond donors (Lipinski definition) is 1. The van der Waals surface area contributed by atoms with Gasteiger partial charge in [0, 0.05) is 25.0 Å².